The van der Waals surface area contributed by atoms with Crippen LogP contribution in [0.4, 0.5) is 0 Å². The fraction of sp³-hybridized carbons (Fsp3) is 0.500. The molecule has 1 amide bonds. The fourth-order valence-electron chi connectivity index (χ4n) is 0.830. The molecule has 0 heterocycles. The number of rotatable bonds is 6. The summed E-state index contributed by atoms with van der Waals surface area (Å²) in [5.74, 6) is -0.330. The van der Waals surface area contributed by atoms with E-state index in [1.54, 1.807) is 0 Å². The summed E-state index contributed by atoms with van der Waals surface area (Å²) in [6.45, 7) is 7.55. The summed E-state index contributed by atoms with van der Waals surface area (Å²) in [5.41, 5.74) is 4.53. The molecule has 0 aromatic rings. The van der Waals surface area contributed by atoms with Crippen LogP contribution in [-0.4, -0.2) is 43.9 Å². The number of hydrogen-bond acceptors (Lipinski definition) is 2. The van der Waals surface area contributed by atoms with Crippen molar-refractivity contribution in [1.29, 1.82) is 0 Å². The van der Waals surface area contributed by atoms with Crippen LogP contribution in [0.15, 0.2) is 25.3 Å². The van der Waals surface area contributed by atoms with E-state index >= 15 is 0 Å². The molecule has 0 aliphatic carbocycles. The van der Waals surface area contributed by atoms with E-state index in [1.807, 2.05) is 0 Å². The lowest BCUT2D eigenvalue weighted by Gasteiger charge is -2.23. The van der Waals surface area contributed by atoms with Crippen LogP contribution in [0.3, 0.4) is 0 Å². The zero-order valence-electron chi connectivity index (χ0n) is 10.5. The minimum absolute atomic E-state index is 0.151. The Balaban J connectivity index is 0. The summed E-state index contributed by atoms with van der Waals surface area (Å²) in [7, 11) is 6.37. The molecule has 0 unspecified atom stereocenters. The average molecular weight is 227 g/mol. The number of nitrogens with zero attached hydrogens (tertiary/aromatic N) is 1. The number of allylic oxidation sites excluding steroid dienone is 1. The Kier molecular flexibility index (Phi) is 9.40. The van der Waals surface area contributed by atoms with Gasteiger partial charge in [-0.25, -0.2) is 0 Å². The quantitative estimate of drug-likeness (QED) is 0.541. The molecule has 0 aliphatic rings. The Bertz CT molecular complexity index is 252. The maximum atomic E-state index is 10.8. The van der Waals surface area contributed by atoms with Gasteiger partial charge in [0.15, 0.2) is 5.78 Å². The number of hydrogen-bond donors (Lipinski definition) is 1. The Morgan fingerprint density at radius 3 is 1.88 bits per heavy atom. The van der Waals surface area contributed by atoms with Crippen molar-refractivity contribution in [3.8, 4) is 0 Å². The van der Waals surface area contributed by atoms with Crippen molar-refractivity contribution in [3.05, 3.63) is 25.3 Å². The first kappa shape index (κ1) is 17.0. The van der Waals surface area contributed by atoms with E-state index in [1.165, 1.54) is 6.08 Å². The topological polar surface area (TPSA) is 60.2 Å². The summed E-state index contributed by atoms with van der Waals surface area (Å²) >= 11 is 0. The van der Waals surface area contributed by atoms with Gasteiger partial charge in [0.05, 0.1) is 27.7 Å². The minimum Gasteiger partial charge on any atom is -0.366 e. The van der Waals surface area contributed by atoms with Crippen molar-refractivity contribution in [1.82, 2.24) is 0 Å². The van der Waals surface area contributed by atoms with Crippen molar-refractivity contribution in [2.75, 3.05) is 27.7 Å². The molecule has 0 rings (SSSR count). The first-order valence-corrected chi connectivity index (χ1v) is 5.10. The summed E-state index contributed by atoms with van der Waals surface area (Å²) in [6.07, 6.45) is 4.04. The van der Waals surface area contributed by atoms with Crippen LogP contribution < -0.4 is 5.73 Å². The van der Waals surface area contributed by atoms with E-state index in [-0.39, 0.29) is 5.78 Å². The lowest BCUT2D eigenvalue weighted by atomic mass is 10.2. The Labute approximate surface area is 98.0 Å². The molecule has 4 nitrogen and oxygen atoms in total. The van der Waals surface area contributed by atoms with E-state index in [0.29, 0.717) is 6.42 Å². The van der Waals surface area contributed by atoms with E-state index < -0.39 is 5.91 Å². The van der Waals surface area contributed by atoms with Crippen LogP contribution in [0.5, 0.6) is 0 Å². The summed E-state index contributed by atoms with van der Waals surface area (Å²) < 4.78 is 0.921. The second-order valence-electron chi connectivity index (χ2n) is 4.39. The van der Waals surface area contributed by atoms with E-state index in [0.717, 1.165) is 23.5 Å². The molecule has 2 N–H and O–H groups in total. The highest BCUT2D eigenvalue weighted by molar-refractivity contribution is 5.88. The zero-order chi connectivity index (χ0) is 13.2. The summed E-state index contributed by atoms with van der Waals surface area (Å²) in [6, 6.07) is 0. The average Bonchev–Trinajstić information content (AvgIpc) is 2.16. The lowest BCUT2D eigenvalue weighted by Crippen LogP contribution is -2.35. The smallest absolute Gasteiger partial charge is 0.240 e. The Morgan fingerprint density at radius 1 is 1.19 bits per heavy atom. The standard InChI is InChI=1S/C9H18NO.C3H5NO/c1-5-9(11)7-6-8-10(2,3)4;1-2-3(4)5/h5H,1,6-8H2,2-4H3;2H,1H2,(H2,4,5)/q+1;. The van der Waals surface area contributed by atoms with Crippen molar-refractivity contribution in [3.63, 3.8) is 0 Å². The number of ketones is 1. The molecule has 0 spiro atoms. The van der Waals surface area contributed by atoms with Gasteiger partial charge < -0.3 is 10.2 Å². The molecule has 16 heavy (non-hydrogen) atoms. The molecule has 0 aromatic carbocycles. The van der Waals surface area contributed by atoms with Gasteiger partial charge in [0.2, 0.25) is 5.91 Å². The van der Waals surface area contributed by atoms with Crippen LogP contribution in [0.2, 0.25) is 0 Å². The largest absolute Gasteiger partial charge is 0.366 e. The van der Waals surface area contributed by atoms with Crippen LogP contribution in [0.1, 0.15) is 12.8 Å². The monoisotopic (exact) mass is 227 g/mol. The summed E-state index contributed by atoms with van der Waals surface area (Å²) in [5, 5.41) is 0. The molecule has 0 saturated carbocycles. The minimum atomic E-state index is -0.481. The molecule has 0 fully saturated rings. The number of quaternary nitrogens is 1. The number of carbonyl (C=O) groups is 2. The number of nitrogens with two attached hydrogens (primary N) is 1. The highest BCUT2D eigenvalue weighted by atomic mass is 16.1. The number of amides is 1. The van der Waals surface area contributed by atoms with Crippen LogP contribution in [0.25, 0.3) is 0 Å². The molecular formula is C12H23N2O2+. The maximum Gasteiger partial charge on any atom is 0.240 e. The molecule has 0 bridgehead atoms. The first-order chi connectivity index (χ1) is 7.22. The zero-order valence-corrected chi connectivity index (χ0v) is 10.5. The van der Waals surface area contributed by atoms with Gasteiger partial charge >= 0.3 is 0 Å². The number of primary amides is 1. The van der Waals surface area contributed by atoms with E-state index in [4.69, 9.17) is 0 Å². The van der Waals surface area contributed by atoms with Crippen LogP contribution in [0, 0.1) is 0 Å². The van der Waals surface area contributed by atoms with Gasteiger partial charge in [-0.05, 0) is 12.2 Å². The third kappa shape index (κ3) is 18.4. The predicted octanol–water partition coefficient (Wildman–Crippen LogP) is 0.886. The molecule has 0 saturated heterocycles. The molecule has 0 aromatic heterocycles. The first-order valence-electron chi connectivity index (χ1n) is 5.10. The van der Waals surface area contributed by atoms with Gasteiger partial charge in [0, 0.05) is 12.8 Å². The van der Waals surface area contributed by atoms with Crippen molar-refractivity contribution < 1.29 is 14.1 Å². The normalized spacial score (nSPS) is 9.69. The van der Waals surface area contributed by atoms with Gasteiger partial charge in [-0.15, -0.1) is 0 Å². The summed E-state index contributed by atoms with van der Waals surface area (Å²) in [4.78, 5) is 20.2. The molecule has 0 aliphatic heterocycles. The molecule has 0 atom stereocenters. The third-order valence-electron chi connectivity index (χ3n) is 1.68. The van der Waals surface area contributed by atoms with Gasteiger partial charge in [0.25, 0.3) is 0 Å². The van der Waals surface area contributed by atoms with Crippen molar-refractivity contribution >= 4 is 11.7 Å². The van der Waals surface area contributed by atoms with E-state index in [9.17, 15) is 9.59 Å². The maximum absolute atomic E-state index is 10.8. The van der Waals surface area contributed by atoms with Gasteiger partial charge in [-0.3, -0.25) is 9.59 Å². The predicted molar refractivity (Wildman–Crippen MR) is 66.7 cm³/mol. The highest BCUT2D eigenvalue weighted by Crippen LogP contribution is 1.98. The molecular weight excluding hydrogens is 204 g/mol. The number of carbonyl (C=O) groups excluding carboxylic acids is 2. The second-order valence-corrected chi connectivity index (χ2v) is 4.39. The second kappa shape index (κ2) is 8.85. The van der Waals surface area contributed by atoms with Crippen molar-refractivity contribution in [2.45, 2.75) is 12.8 Å². The SMILES string of the molecule is C=CC(=O)CCC[N+](C)(C)C.C=CC(N)=O. The van der Waals surface area contributed by atoms with Gasteiger partial charge in [-0.2, -0.15) is 0 Å². The molecule has 4 heteroatoms. The molecule has 0 radical (unpaired) electrons. The van der Waals surface area contributed by atoms with Crippen LogP contribution in [-0.2, 0) is 9.59 Å². The van der Waals surface area contributed by atoms with Gasteiger partial charge in [-0.1, -0.05) is 13.2 Å². The Morgan fingerprint density at radius 2 is 1.62 bits per heavy atom. The fourth-order valence-corrected chi connectivity index (χ4v) is 0.830. The van der Waals surface area contributed by atoms with Crippen molar-refractivity contribution in [2.24, 2.45) is 5.73 Å². The lowest BCUT2D eigenvalue weighted by molar-refractivity contribution is -0.870. The Hall–Kier alpha value is -1.42. The molecule has 92 valence electrons. The van der Waals surface area contributed by atoms with Crippen LogP contribution >= 0.6 is 0 Å². The van der Waals surface area contributed by atoms with Gasteiger partial charge in [0.1, 0.15) is 0 Å². The highest BCUT2D eigenvalue weighted by Gasteiger charge is 2.06. The third-order valence-corrected chi connectivity index (χ3v) is 1.68. The van der Waals surface area contributed by atoms with E-state index in [2.05, 4.69) is 40.0 Å².